The molecule has 3 heteroatoms. The molecule has 0 heterocycles. The van der Waals surface area contributed by atoms with Crippen LogP contribution in [0.1, 0.15) is 137 Å². The van der Waals surface area contributed by atoms with Crippen LogP contribution in [-0.4, -0.2) is 31.7 Å². The van der Waals surface area contributed by atoms with Gasteiger partial charge in [-0.3, -0.25) is 0 Å². The quantitative estimate of drug-likeness (QED) is 0.216. The molecule has 2 aliphatic carbocycles. The second kappa shape index (κ2) is 23.0. The molecule has 2 saturated carbocycles. The van der Waals surface area contributed by atoms with Crippen molar-refractivity contribution in [3.8, 4) is 0 Å². The highest BCUT2D eigenvalue weighted by atomic mass is 14.9. The van der Waals surface area contributed by atoms with E-state index in [2.05, 4.69) is 67.9 Å². The van der Waals surface area contributed by atoms with E-state index in [1.165, 1.54) is 108 Å². The summed E-state index contributed by atoms with van der Waals surface area (Å²) in [4.78, 5) is 0. The summed E-state index contributed by atoms with van der Waals surface area (Å²) in [7, 11) is 0. The summed E-state index contributed by atoms with van der Waals surface area (Å²) in [6.45, 7) is 13.7. The minimum atomic E-state index is 0. The standard InChI is InChI=1S/C20H34N2.C12H25N.2CH4/c1-17(2)15-18-9-11-19(12-10-18)16-21-13-6-14-22-20-7-4-3-5-8-20;1-11(2)7-6-10-13-12-8-4-3-5-9-12;;/h9-12,17,20-22H,3-8,13-16H2,1-2H3;11-13H,3-10H2,1-2H3;2*1H4. The monoisotopic (exact) mass is 518 g/mol. The predicted octanol–water partition coefficient (Wildman–Crippen LogP) is 8.90. The Morgan fingerprint density at radius 2 is 1.11 bits per heavy atom. The van der Waals surface area contributed by atoms with Gasteiger partial charge in [-0.1, -0.05) is 105 Å². The van der Waals surface area contributed by atoms with E-state index >= 15 is 0 Å². The average Bonchev–Trinajstić information content (AvgIpc) is 2.86. The molecule has 3 nitrogen and oxygen atoms in total. The van der Waals surface area contributed by atoms with Crippen LogP contribution < -0.4 is 16.0 Å². The van der Waals surface area contributed by atoms with Crippen molar-refractivity contribution in [2.24, 2.45) is 11.8 Å². The molecule has 0 bridgehead atoms. The first-order chi connectivity index (χ1) is 17.0. The lowest BCUT2D eigenvalue weighted by Crippen LogP contribution is -2.33. The molecule has 0 aromatic heterocycles. The maximum atomic E-state index is 3.71. The van der Waals surface area contributed by atoms with E-state index in [-0.39, 0.29) is 14.9 Å². The fourth-order valence-electron chi connectivity index (χ4n) is 5.45. The summed E-state index contributed by atoms with van der Waals surface area (Å²) in [5.41, 5.74) is 2.85. The highest BCUT2D eigenvalue weighted by Gasteiger charge is 2.12. The van der Waals surface area contributed by atoms with Gasteiger partial charge in [-0.15, -0.1) is 0 Å². The van der Waals surface area contributed by atoms with Gasteiger partial charge >= 0.3 is 0 Å². The molecule has 2 aliphatic rings. The van der Waals surface area contributed by atoms with Gasteiger partial charge in [-0.05, 0) is 94.0 Å². The predicted molar refractivity (Wildman–Crippen MR) is 169 cm³/mol. The molecule has 0 unspecified atom stereocenters. The molecule has 2 fully saturated rings. The summed E-state index contributed by atoms with van der Waals surface area (Å²) in [6.07, 6.45) is 19.4. The number of benzene rings is 1. The van der Waals surface area contributed by atoms with Crippen molar-refractivity contribution in [2.75, 3.05) is 19.6 Å². The van der Waals surface area contributed by atoms with Crippen molar-refractivity contribution >= 4 is 0 Å². The number of rotatable bonds is 14. The van der Waals surface area contributed by atoms with Gasteiger partial charge in [0.15, 0.2) is 0 Å². The third-order valence-corrected chi connectivity index (χ3v) is 7.56. The summed E-state index contributed by atoms with van der Waals surface area (Å²) >= 11 is 0. The second-order valence-corrected chi connectivity index (χ2v) is 12.1. The van der Waals surface area contributed by atoms with Crippen molar-refractivity contribution < 1.29 is 0 Å². The van der Waals surface area contributed by atoms with E-state index in [9.17, 15) is 0 Å². The smallest absolute Gasteiger partial charge is 0.0205 e. The first-order valence-corrected chi connectivity index (χ1v) is 15.3. The highest BCUT2D eigenvalue weighted by molar-refractivity contribution is 5.22. The maximum absolute atomic E-state index is 3.71. The largest absolute Gasteiger partial charge is 0.314 e. The first-order valence-electron chi connectivity index (χ1n) is 15.3. The molecule has 1 aromatic rings. The normalized spacial score (nSPS) is 16.6. The van der Waals surface area contributed by atoms with E-state index in [4.69, 9.17) is 0 Å². The zero-order chi connectivity index (χ0) is 25.1. The Bertz CT molecular complexity index is 598. The molecule has 3 rings (SSSR count). The van der Waals surface area contributed by atoms with Crippen molar-refractivity contribution in [2.45, 2.75) is 151 Å². The third kappa shape index (κ3) is 18.9. The molecule has 37 heavy (non-hydrogen) atoms. The molecular formula is C34H67N3. The van der Waals surface area contributed by atoms with Gasteiger partial charge in [0, 0.05) is 18.6 Å². The summed E-state index contributed by atoms with van der Waals surface area (Å²) in [6, 6.07) is 10.7. The van der Waals surface area contributed by atoms with E-state index in [1.807, 2.05) is 0 Å². The Labute approximate surface area is 233 Å². The average molecular weight is 518 g/mol. The lowest BCUT2D eigenvalue weighted by Gasteiger charge is -2.22. The van der Waals surface area contributed by atoms with Crippen molar-refractivity contribution in [3.63, 3.8) is 0 Å². The number of hydrogen-bond donors (Lipinski definition) is 3. The lowest BCUT2D eigenvalue weighted by molar-refractivity contribution is 0.366. The van der Waals surface area contributed by atoms with E-state index in [1.54, 1.807) is 0 Å². The minimum Gasteiger partial charge on any atom is -0.314 e. The molecule has 0 amide bonds. The van der Waals surface area contributed by atoms with Gasteiger partial charge in [-0.25, -0.2) is 0 Å². The van der Waals surface area contributed by atoms with E-state index < -0.39 is 0 Å². The van der Waals surface area contributed by atoms with Gasteiger partial charge in [0.05, 0.1) is 0 Å². The van der Waals surface area contributed by atoms with E-state index in [0.717, 1.165) is 43.6 Å². The maximum Gasteiger partial charge on any atom is 0.0205 e. The molecule has 0 radical (unpaired) electrons. The SMILES string of the molecule is C.C.CC(C)CCCNC1CCCCC1.CC(C)Cc1ccc(CNCCCNC2CCCCC2)cc1. The Balaban J connectivity index is 0.000000747. The van der Waals surface area contributed by atoms with Crippen LogP contribution in [-0.2, 0) is 13.0 Å². The lowest BCUT2D eigenvalue weighted by atomic mass is 9.95. The fourth-order valence-corrected chi connectivity index (χ4v) is 5.45. The minimum absolute atomic E-state index is 0. The van der Waals surface area contributed by atoms with Gasteiger partial charge in [0.2, 0.25) is 0 Å². The van der Waals surface area contributed by atoms with Crippen LogP contribution in [0, 0.1) is 11.8 Å². The first kappa shape index (κ1) is 36.1. The molecule has 0 saturated heterocycles. The van der Waals surface area contributed by atoms with Crippen LogP contribution in [0.4, 0.5) is 0 Å². The van der Waals surface area contributed by atoms with Crippen LogP contribution in [0.2, 0.25) is 0 Å². The zero-order valence-corrected chi connectivity index (χ0v) is 23.8. The van der Waals surface area contributed by atoms with Gasteiger partial charge in [-0.2, -0.15) is 0 Å². The molecule has 3 N–H and O–H groups in total. The van der Waals surface area contributed by atoms with Gasteiger partial charge < -0.3 is 16.0 Å². The molecule has 0 aliphatic heterocycles. The molecule has 0 atom stereocenters. The molecule has 218 valence electrons. The molecule has 1 aromatic carbocycles. The van der Waals surface area contributed by atoms with Crippen LogP contribution in [0.3, 0.4) is 0 Å². The van der Waals surface area contributed by atoms with Crippen LogP contribution in [0.5, 0.6) is 0 Å². The summed E-state index contributed by atoms with van der Waals surface area (Å²) in [5.74, 6) is 1.61. The Hall–Kier alpha value is -0.900. The molecule has 0 spiro atoms. The van der Waals surface area contributed by atoms with Crippen LogP contribution in [0.15, 0.2) is 24.3 Å². The third-order valence-electron chi connectivity index (χ3n) is 7.56. The van der Waals surface area contributed by atoms with Crippen molar-refractivity contribution in [3.05, 3.63) is 35.4 Å². The summed E-state index contributed by atoms with van der Waals surface area (Å²) < 4.78 is 0. The van der Waals surface area contributed by atoms with Crippen LogP contribution in [0.25, 0.3) is 0 Å². The fraction of sp³-hybridized carbons (Fsp3) is 0.824. The number of nitrogens with one attached hydrogen (secondary N) is 3. The summed E-state index contributed by atoms with van der Waals surface area (Å²) in [5, 5.41) is 10.9. The van der Waals surface area contributed by atoms with Crippen molar-refractivity contribution in [1.29, 1.82) is 0 Å². The zero-order valence-electron chi connectivity index (χ0n) is 23.8. The molecular weight excluding hydrogens is 450 g/mol. The Morgan fingerprint density at radius 1 is 0.622 bits per heavy atom. The van der Waals surface area contributed by atoms with Gasteiger partial charge in [0.25, 0.3) is 0 Å². The topological polar surface area (TPSA) is 36.1 Å². The highest BCUT2D eigenvalue weighted by Crippen LogP contribution is 2.18. The van der Waals surface area contributed by atoms with Crippen LogP contribution >= 0.6 is 0 Å². The van der Waals surface area contributed by atoms with Crippen molar-refractivity contribution in [1.82, 2.24) is 16.0 Å². The Kier molecular flexibility index (Phi) is 22.5. The van der Waals surface area contributed by atoms with E-state index in [0.29, 0.717) is 0 Å². The Morgan fingerprint density at radius 3 is 1.59 bits per heavy atom. The van der Waals surface area contributed by atoms with Gasteiger partial charge in [0.1, 0.15) is 0 Å². The second-order valence-electron chi connectivity index (χ2n) is 12.1. The number of hydrogen-bond acceptors (Lipinski definition) is 3.